The predicted molar refractivity (Wildman–Crippen MR) is 90.5 cm³/mol. The van der Waals surface area contributed by atoms with E-state index in [9.17, 15) is 14.4 Å². The Bertz CT molecular complexity index is 859. The fraction of sp³-hybridized carbons (Fsp3) is 0.211. The summed E-state index contributed by atoms with van der Waals surface area (Å²) < 4.78 is 9.96. The van der Waals surface area contributed by atoms with Gasteiger partial charge < -0.3 is 14.8 Å². The number of cyclic esters (lactones) is 1. The fourth-order valence-electron chi connectivity index (χ4n) is 2.73. The number of fused-ring (bicyclic) bond motifs is 1. The Kier molecular flexibility index (Phi) is 4.52. The zero-order chi connectivity index (χ0) is 18.0. The van der Waals surface area contributed by atoms with Crippen molar-refractivity contribution in [3.63, 3.8) is 0 Å². The molecule has 0 saturated heterocycles. The van der Waals surface area contributed by atoms with Crippen LogP contribution in [0.2, 0.25) is 0 Å². The van der Waals surface area contributed by atoms with Crippen LogP contribution < -0.4 is 5.32 Å². The number of hydrogen-bond acceptors (Lipinski definition) is 5. The second-order valence-corrected chi connectivity index (χ2v) is 5.79. The van der Waals surface area contributed by atoms with Crippen molar-refractivity contribution in [2.75, 3.05) is 12.4 Å². The highest BCUT2D eigenvalue weighted by Gasteiger charge is 2.31. The fourth-order valence-corrected chi connectivity index (χ4v) is 2.73. The van der Waals surface area contributed by atoms with Crippen molar-refractivity contribution >= 4 is 23.5 Å². The van der Waals surface area contributed by atoms with Gasteiger partial charge in [-0.05, 0) is 30.7 Å². The van der Waals surface area contributed by atoms with Gasteiger partial charge in [-0.15, -0.1) is 0 Å². The Morgan fingerprint density at radius 2 is 1.96 bits per heavy atom. The summed E-state index contributed by atoms with van der Waals surface area (Å²) in [5, 5.41) is 2.64. The average molecular weight is 339 g/mol. The number of carbonyl (C=O) groups is 3. The third-order valence-corrected chi connectivity index (χ3v) is 4.02. The van der Waals surface area contributed by atoms with Gasteiger partial charge in [-0.3, -0.25) is 4.79 Å². The number of ether oxygens (including phenoxy) is 2. The highest BCUT2D eigenvalue weighted by Crippen LogP contribution is 2.23. The monoisotopic (exact) mass is 339 g/mol. The average Bonchev–Trinajstić information content (AvgIpc) is 2.62. The smallest absolute Gasteiger partial charge is 0.339 e. The van der Waals surface area contributed by atoms with Crippen LogP contribution in [0, 0.1) is 6.92 Å². The lowest BCUT2D eigenvalue weighted by molar-refractivity contribution is -0.125. The first-order valence-electron chi connectivity index (χ1n) is 7.78. The molecule has 0 aliphatic carbocycles. The van der Waals surface area contributed by atoms with E-state index in [2.05, 4.69) is 5.32 Å². The van der Waals surface area contributed by atoms with Crippen LogP contribution in [0.3, 0.4) is 0 Å². The molecule has 6 heteroatoms. The van der Waals surface area contributed by atoms with E-state index < -0.39 is 23.9 Å². The Morgan fingerprint density at radius 1 is 1.20 bits per heavy atom. The summed E-state index contributed by atoms with van der Waals surface area (Å²) in [6.45, 7) is 1.89. The van der Waals surface area contributed by atoms with Gasteiger partial charge in [0, 0.05) is 6.42 Å². The summed E-state index contributed by atoms with van der Waals surface area (Å²) in [7, 11) is 1.27. The second-order valence-electron chi connectivity index (χ2n) is 5.79. The van der Waals surface area contributed by atoms with Crippen LogP contribution in [0.25, 0.3) is 0 Å². The third-order valence-electron chi connectivity index (χ3n) is 4.02. The lowest BCUT2D eigenvalue weighted by atomic mass is 9.96. The molecular formula is C19H17NO5. The Hall–Kier alpha value is -3.15. The number of carbonyl (C=O) groups excluding carboxylic acids is 3. The van der Waals surface area contributed by atoms with Crippen molar-refractivity contribution < 1.29 is 23.9 Å². The molecule has 0 aromatic heterocycles. The molecule has 2 aromatic rings. The molecule has 1 aliphatic heterocycles. The summed E-state index contributed by atoms with van der Waals surface area (Å²) in [6.07, 6.45) is -0.665. The van der Waals surface area contributed by atoms with Crippen molar-refractivity contribution in [1.82, 2.24) is 0 Å². The zero-order valence-corrected chi connectivity index (χ0v) is 13.9. The number of amides is 1. The lowest BCUT2D eigenvalue weighted by Gasteiger charge is -2.24. The van der Waals surface area contributed by atoms with E-state index in [0.29, 0.717) is 11.3 Å². The predicted octanol–water partition coefficient (Wildman–Crippen LogP) is 2.50. The van der Waals surface area contributed by atoms with Crippen molar-refractivity contribution in [2.24, 2.45) is 0 Å². The Balaban J connectivity index is 1.80. The molecular weight excluding hydrogens is 322 g/mol. The van der Waals surface area contributed by atoms with Gasteiger partial charge in [-0.25, -0.2) is 9.59 Å². The van der Waals surface area contributed by atoms with Crippen molar-refractivity contribution in [1.29, 1.82) is 0 Å². The van der Waals surface area contributed by atoms with Crippen molar-refractivity contribution in [3.8, 4) is 0 Å². The maximum Gasteiger partial charge on any atom is 0.339 e. The van der Waals surface area contributed by atoms with E-state index in [1.807, 2.05) is 19.1 Å². The molecule has 0 bridgehead atoms. The van der Waals surface area contributed by atoms with Gasteiger partial charge in [0.15, 0.2) is 6.10 Å². The molecule has 128 valence electrons. The molecule has 1 aliphatic rings. The first-order chi connectivity index (χ1) is 12.0. The van der Waals surface area contributed by atoms with E-state index in [1.54, 1.807) is 30.3 Å². The second kappa shape index (κ2) is 6.76. The number of rotatable bonds is 3. The van der Waals surface area contributed by atoms with Crippen LogP contribution in [0.5, 0.6) is 0 Å². The first kappa shape index (κ1) is 16.7. The highest BCUT2D eigenvalue weighted by atomic mass is 16.5. The number of aryl methyl sites for hydroxylation is 1. The molecule has 0 saturated carbocycles. The molecule has 1 N–H and O–H groups in total. The standard InChI is InChI=1S/C19H17NO5/c1-11-7-8-12-10-16(25-19(23)14(12)9-11)17(21)20-15-6-4-3-5-13(15)18(22)24-2/h3-9,16H,10H2,1-2H3,(H,20,21)/t16-/m0/s1. The van der Waals surface area contributed by atoms with Crippen LogP contribution in [-0.4, -0.2) is 31.1 Å². The lowest BCUT2D eigenvalue weighted by Crippen LogP contribution is -2.38. The number of para-hydroxylation sites is 1. The third kappa shape index (κ3) is 3.38. The molecule has 2 aromatic carbocycles. The minimum atomic E-state index is -0.951. The molecule has 25 heavy (non-hydrogen) atoms. The molecule has 1 atom stereocenters. The van der Waals surface area contributed by atoms with E-state index in [0.717, 1.165) is 11.1 Å². The zero-order valence-electron chi connectivity index (χ0n) is 13.9. The van der Waals surface area contributed by atoms with Gasteiger partial charge in [-0.2, -0.15) is 0 Å². The number of esters is 2. The molecule has 6 nitrogen and oxygen atoms in total. The maximum absolute atomic E-state index is 12.5. The molecule has 0 spiro atoms. The molecule has 3 rings (SSSR count). The van der Waals surface area contributed by atoms with E-state index >= 15 is 0 Å². The van der Waals surface area contributed by atoms with Gasteiger partial charge in [0.25, 0.3) is 5.91 Å². The minimum absolute atomic E-state index is 0.233. The normalized spacial score (nSPS) is 15.8. The first-order valence-corrected chi connectivity index (χ1v) is 7.78. The molecule has 0 unspecified atom stereocenters. The highest BCUT2D eigenvalue weighted by molar-refractivity contribution is 6.04. The molecule has 0 radical (unpaired) electrons. The van der Waals surface area contributed by atoms with Crippen molar-refractivity contribution in [3.05, 3.63) is 64.7 Å². The van der Waals surface area contributed by atoms with E-state index in [4.69, 9.17) is 9.47 Å². The summed E-state index contributed by atoms with van der Waals surface area (Å²) in [5.41, 5.74) is 2.74. The van der Waals surface area contributed by atoms with Crippen molar-refractivity contribution in [2.45, 2.75) is 19.4 Å². The number of nitrogens with one attached hydrogen (secondary N) is 1. The molecule has 1 amide bonds. The van der Waals surface area contributed by atoms with Crippen LogP contribution in [0.4, 0.5) is 5.69 Å². The summed E-state index contributed by atoms with van der Waals surface area (Å²) >= 11 is 0. The van der Waals surface area contributed by atoms with E-state index in [-0.39, 0.29) is 12.0 Å². The number of methoxy groups -OCH3 is 1. The molecule has 1 heterocycles. The van der Waals surface area contributed by atoms with Crippen LogP contribution in [0.1, 0.15) is 31.8 Å². The topological polar surface area (TPSA) is 81.7 Å². The van der Waals surface area contributed by atoms with Gasteiger partial charge in [0.2, 0.25) is 0 Å². The Labute approximate surface area is 144 Å². The van der Waals surface area contributed by atoms with Crippen LogP contribution in [0.15, 0.2) is 42.5 Å². The van der Waals surface area contributed by atoms with E-state index in [1.165, 1.54) is 7.11 Å². The summed E-state index contributed by atoms with van der Waals surface area (Å²) in [6, 6.07) is 12.0. The van der Waals surface area contributed by atoms with Gasteiger partial charge in [0.1, 0.15) is 0 Å². The van der Waals surface area contributed by atoms with Gasteiger partial charge in [-0.1, -0.05) is 29.8 Å². The molecule has 0 fully saturated rings. The summed E-state index contributed by atoms with van der Waals surface area (Å²) in [4.78, 5) is 36.4. The SMILES string of the molecule is COC(=O)c1ccccc1NC(=O)[C@@H]1Cc2ccc(C)cc2C(=O)O1. The number of benzene rings is 2. The summed E-state index contributed by atoms with van der Waals surface area (Å²) in [5.74, 6) is -1.57. The largest absolute Gasteiger partial charge is 0.465 e. The van der Waals surface area contributed by atoms with Crippen LogP contribution in [-0.2, 0) is 20.7 Å². The quantitative estimate of drug-likeness (QED) is 0.869. The maximum atomic E-state index is 12.5. The Morgan fingerprint density at radius 3 is 2.72 bits per heavy atom. The van der Waals surface area contributed by atoms with Gasteiger partial charge >= 0.3 is 11.9 Å². The van der Waals surface area contributed by atoms with Gasteiger partial charge in [0.05, 0.1) is 23.9 Å². The minimum Gasteiger partial charge on any atom is -0.465 e. The van der Waals surface area contributed by atoms with Crippen LogP contribution >= 0.6 is 0 Å². The number of anilines is 1. The number of hydrogen-bond donors (Lipinski definition) is 1.